The molecular formula is C13H7Br2FN2O3. The molecule has 0 fully saturated rings. The lowest BCUT2D eigenvalue weighted by Gasteiger charge is -2.08. The zero-order valence-corrected chi connectivity index (χ0v) is 13.4. The predicted octanol–water partition coefficient (Wildman–Crippen LogP) is 4.51. The van der Waals surface area contributed by atoms with Gasteiger partial charge < -0.3 is 5.32 Å². The summed E-state index contributed by atoms with van der Waals surface area (Å²) in [5.41, 5.74) is 0.534. The van der Waals surface area contributed by atoms with E-state index in [0.717, 1.165) is 0 Å². The highest BCUT2D eigenvalue weighted by molar-refractivity contribution is 9.11. The van der Waals surface area contributed by atoms with Gasteiger partial charge in [0.15, 0.2) is 0 Å². The van der Waals surface area contributed by atoms with Crippen molar-refractivity contribution in [2.45, 2.75) is 0 Å². The van der Waals surface area contributed by atoms with Gasteiger partial charge in [-0.15, -0.1) is 0 Å². The Morgan fingerprint density at radius 3 is 2.43 bits per heavy atom. The largest absolute Gasteiger partial charge is 0.321 e. The molecule has 1 amide bonds. The Bertz CT molecular complexity index is 737. The zero-order chi connectivity index (χ0) is 15.6. The van der Waals surface area contributed by atoms with E-state index in [0.29, 0.717) is 14.6 Å². The fraction of sp³-hybridized carbons (Fsp3) is 0. The zero-order valence-electron chi connectivity index (χ0n) is 10.3. The average Bonchev–Trinajstić information content (AvgIpc) is 2.40. The molecule has 0 aliphatic heterocycles. The number of hydrogen-bond donors (Lipinski definition) is 1. The van der Waals surface area contributed by atoms with Crippen molar-refractivity contribution in [1.82, 2.24) is 0 Å². The molecule has 2 aromatic carbocycles. The number of rotatable bonds is 3. The number of nitrogens with zero attached hydrogens (tertiary/aromatic N) is 1. The van der Waals surface area contributed by atoms with Crippen LogP contribution in [0.2, 0.25) is 0 Å². The molecule has 0 atom stereocenters. The summed E-state index contributed by atoms with van der Waals surface area (Å²) in [4.78, 5) is 22.2. The van der Waals surface area contributed by atoms with Crippen molar-refractivity contribution >= 4 is 49.1 Å². The van der Waals surface area contributed by atoms with Crippen molar-refractivity contribution in [3.05, 3.63) is 66.8 Å². The Morgan fingerprint density at radius 2 is 1.86 bits per heavy atom. The molecule has 0 aromatic heterocycles. The predicted molar refractivity (Wildman–Crippen MR) is 82.8 cm³/mol. The Morgan fingerprint density at radius 1 is 1.14 bits per heavy atom. The lowest BCUT2D eigenvalue weighted by atomic mass is 10.2. The van der Waals surface area contributed by atoms with Gasteiger partial charge in [0, 0.05) is 21.1 Å². The van der Waals surface area contributed by atoms with Crippen LogP contribution in [0.3, 0.4) is 0 Å². The molecule has 2 rings (SSSR count). The normalized spacial score (nSPS) is 10.2. The summed E-state index contributed by atoms with van der Waals surface area (Å²) in [6, 6.07) is 7.67. The van der Waals surface area contributed by atoms with Gasteiger partial charge in [0.1, 0.15) is 5.82 Å². The molecule has 0 bridgehead atoms. The number of nitrogens with one attached hydrogen (secondary N) is 1. The van der Waals surface area contributed by atoms with Crippen molar-refractivity contribution in [1.29, 1.82) is 0 Å². The molecule has 0 radical (unpaired) electrons. The maximum absolute atomic E-state index is 13.0. The molecular weight excluding hydrogens is 411 g/mol. The van der Waals surface area contributed by atoms with Crippen molar-refractivity contribution in [2.75, 3.05) is 5.32 Å². The molecule has 0 aliphatic rings. The van der Waals surface area contributed by atoms with Crippen LogP contribution in [0.25, 0.3) is 0 Å². The van der Waals surface area contributed by atoms with E-state index >= 15 is 0 Å². The first-order valence-electron chi connectivity index (χ1n) is 5.59. The molecule has 1 N–H and O–H groups in total. The van der Waals surface area contributed by atoms with Crippen LogP contribution >= 0.6 is 31.9 Å². The molecule has 0 saturated heterocycles. The lowest BCUT2D eigenvalue weighted by Crippen LogP contribution is -2.13. The molecule has 108 valence electrons. The second-order valence-corrected chi connectivity index (χ2v) is 5.71. The molecule has 21 heavy (non-hydrogen) atoms. The highest BCUT2D eigenvalue weighted by atomic mass is 79.9. The number of carbonyl (C=O) groups excluding carboxylic acids is 1. The Labute approximate surface area is 135 Å². The molecule has 0 aliphatic carbocycles. The summed E-state index contributed by atoms with van der Waals surface area (Å²) in [5.74, 6) is -0.925. The minimum Gasteiger partial charge on any atom is -0.321 e. The number of anilines is 1. The topological polar surface area (TPSA) is 72.2 Å². The Kier molecular flexibility index (Phi) is 4.69. The number of benzene rings is 2. The third kappa shape index (κ3) is 3.64. The lowest BCUT2D eigenvalue weighted by molar-refractivity contribution is -0.384. The van der Waals surface area contributed by atoms with E-state index in [1.807, 2.05) is 0 Å². The minimum atomic E-state index is -0.535. The van der Waals surface area contributed by atoms with Crippen LogP contribution in [0.4, 0.5) is 15.8 Å². The fourth-order valence-corrected chi connectivity index (χ4v) is 2.58. The fourth-order valence-electron chi connectivity index (χ4n) is 1.58. The molecule has 0 saturated carbocycles. The second-order valence-electron chi connectivity index (χ2n) is 4.00. The Hall–Kier alpha value is -1.80. The van der Waals surface area contributed by atoms with Crippen LogP contribution in [-0.2, 0) is 0 Å². The molecule has 0 spiro atoms. The van der Waals surface area contributed by atoms with Crippen LogP contribution in [0.15, 0.2) is 45.3 Å². The number of carbonyl (C=O) groups is 1. The van der Waals surface area contributed by atoms with E-state index in [9.17, 15) is 19.3 Å². The number of nitro groups is 1. The summed E-state index contributed by atoms with van der Waals surface area (Å²) < 4.78 is 13.7. The van der Waals surface area contributed by atoms with E-state index < -0.39 is 16.6 Å². The first kappa shape index (κ1) is 15.6. The summed E-state index contributed by atoms with van der Waals surface area (Å²) in [5, 5.41) is 13.2. The van der Waals surface area contributed by atoms with E-state index in [2.05, 4.69) is 37.2 Å². The van der Waals surface area contributed by atoms with Gasteiger partial charge in [-0.1, -0.05) is 0 Å². The third-order valence-electron chi connectivity index (χ3n) is 2.59. The quantitative estimate of drug-likeness (QED) is 0.589. The van der Waals surface area contributed by atoms with Crippen LogP contribution in [0.1, 0.15) is 10.4 Å². The Balaban J connectivity index is 2.25. The minimum absolute atomic E-state index is 0.0946. The smallest absolute Gasteiger partial charge is 0.270 e. The molecule has 8 heteroatoms. The van der Waals surface area contributed by atoms with Gasteiger partial charge in [0.2, 0.25) is 0 Å². The summed E-state index contributed by atoms with van der Waals surface area (Å²) in [6.45, 7) is 0. The van der Waals surface area contributed by atoms with E-state index in [-0.39, 0.29) is 11.3 Å². The van der Waals surface area contributed by atoms with E-state index in [1.54, 1.807) is 0 Å². The number of amides is 1. The van der Waals surface area contributed by atoms with Gasteiger partial charge in [-0.3, -0.25) is 14.9 Å². The van der Waals surface area contributed by atoms with Gasteiger partial charge in [0.05, 0.1) is 16.2 Å². The van der Waals surface area contributed by atoms with E-state index in [1.165, 1.54) is 36.4 Å². The number of non-ortho nitro benzene ring substituents is 1. The van der Waals surface area contributed by atoms with Crippen LogP contribution in [0.5, 0.6) is 0 Å². The highest BCUT2D eigenvalue weighted by Gasteiger charge is 2.14. The van der Waals surface area contributed by atoms with Crippen molar-refractivity contribution < 1.29 is 14.1 Å². The SMILES string of the molecule is O=C(Nc1ccc([N+](=O)[O-])cc1Br)c1ccc(F)cc1Br. The van der Waals surface area contributed by atoms with Gasteiger partial charge in [-0.2, -0.15) is 0 Å². The first-order chi connectivity index (χ1) is 9.88. The molecule has 2 aromatic rings. The maximum atomic E-state index is 13.0. The molecule has 5 nitrogen and oxygen atoms in total. The van der Waals surface area contributed by atoms with Crippen LogP contribution in [0, 0.1) is 15.9 Å². The highest BCUT2D eigenvalue weighted by Crippen LogP contribution is 2.28. The van der Waals surface area contributed by atoms with Crippen molar-refractivity contribution in [2.24, 2.45) is 0 Å². The van der Waals surface area contributed by atoms with Crippen LogP contribution in [-0.4, -0.2) is 10.8 Å². The standard InChI is InChI=1S/C13H7Br2FN2O3/c14-10-5-7(16)1-3-9(10)13(19)17-12-4-2-8(18(20)21)6-11(12)15/h1-6H,(H,17,19). The molecule has 0 unspecified atom stereocenters. The molecule has 0 heterocycles. The second kappa shape index (κ2) is 6.31. The third-order valence-corrected chi connectivity index (χ3v) is 3.90. The van der Waals surface area contributed by atoms with Gasteiger partial charge in [-0.25, -0.2) is 4.39 Å². The summed E-state index contributed by atoms with van der Waals surface area (Å²) in [6.07, 6.45) is 0. The average molecular weight is 418 g/mol. The van der Waals surface area contributed by atoms with Gasteiger partial charge in [0.25, 0.3) is 11.6 Å². The van der Waals surface area contributed by atoms with Gasteiger partial charge in [-0.05, 0) is 56.1 Å². The summed E-state index contributed by atoms with van der Waals surface area (Å²) >= 11 is 6.26. The van der Waals surface area contributed by atoms with Crippen LogP contribution < -0.4 is 5.32 Å². The first-order valence-corrected chi connectivity index (χ1v) is 7.17. The van der Waals surface area contributed by atoms with Crippen molar-refractivity contribution in [3.63, 3.8) is 0 Å². The number of hydrogen-bond acceptors (Lipinski definition) is 3. The maximum Gasteiger partial charge on any atom is 0.270 e. The number of nitro benzene ring substituents is 1. The summed E-state index contributed by atoms with van der Waals surface area (Å²) in [7, 11) is 0. The van der Waals surface area contributed by atoms with Gasteiger partial charge >= 0.3 is 0 Å². The van der Waals surface area contributed by atoms with Crippen molar-refractivity contribution in [3.8, 4) is 0 Å². The van der Waals surface area contributed by atoms with E-state index in [4.69, 9.17) is 0 Å². The monoisotopic (exact) mass is 416 g/mol. The number of halogens is 3.